The zero-order chi connectivity index (χ0) is 17.6. The Kier molecular flexibility index (Phi) is 6.46. The highest BCUT2D eigenvalue weighted by molar-refractivity contribution is 8.15. The minimum atomic E-state index is -1.52. The van der Waals surface area contributed by atoms with Crippen molar-refractivity contribution < 1.29 is 9.53 Å². The van der Waals surface area contributed by atoms with E-state index in [1.165, 1.54) is 17.3 Å². The van der Waals surface area contributed by atoms with E-state index >= 15 is 0 Å². The summed E-state index contributed by atoms with van der Waals surface area (Å²) < 4.78 is 5.14. The van der Waals surface area contributed by atoms with Gasteiger partial charge in [0.05, 0.1) is 15.2 Å². The van der Waals surface area contributed by atoms with Crippen LogP contribution >= 0.6 is 11.8 Å². The lowest BCUT2D eigenvalue weighted by Gasteiger charge is -2.27. The standard InChI is InChI=1S/C20H24O2SSi/c1-22-18-13-10-16(11-14-18)12-15-19(21)23-20(24(2,3)4)17-8-6-5-7-9-17/h5-15,20H,1-4H3/b15-12+. The minimum absolute atomic E-state index is 0.0992. The second-order valence-corrected chi connectivity index (χ2v) is 13.5. The minimum Gasteiger partial charge on any atom is -0.497 e. The van der Waals surface area contributed by atoms with Crippen LogP contribution in [-0.2, 0) is 4.79 Å². The molecule has 1 unspecified atom stereocenters. The topological polar surface area (TPSA) is 26.3 Å². The first-order valence-corrected chi connectivity index (χ1v) is 12.4. The van der Waals surface area contributed by atoms with Gasteiger partial charge in [0.25, 0.3) is 0 Å². The van der Waals surface area contributed by atoms with Crippen molar-refractivity contribution in [1.29, 1.82) is 0 Å². The highest BCUT2D eigenvalue weighted by Crippen LogP contribution is 2.38. The van der Waals surface area contributed by atoms with E-state index in [0.29, 0.717) is 0 Å². The Morgan fingerprint density at radius 3 is 2.21 bits per heavy atom. The summed E-state index contributed by atoms with van der Waals surface area (Å²) in [4.78, 5) is 12.7. The molecular formula is C20H24O2SSi. The second-order valence-electron chi connectivity index (χ2n) is 6.70. The van der Waals surface area contributed by atoms with Gasteiger partial charge in [0.2, 0.25) is 5.12 Å². The first kappa shape index (κ1) is 18.6. The Labute approximate surface area is 149 Å². The van der Waals surface area contributed by atoms with Crippen LogP contribution in [0.5, 0.6) is 5.75 Å². The summed E-state index contributed by atoms with van der Waals surface area (Å²) in [6, 6.07) is 18.0. The van der Waals surface area contributed by atoms with Gasteiger partial charge < -0.3 is 4.74 Å². The highest BCUT2D eigenvalue weighted by Gasteiger charge is 2.30. The summed E-state index contributed by atoms with van der Waals surface area (Å²) in [5.74, 6) is 0.815. The van der Waals surface area contributed by atoms with Crippen molar-refractivity contribution in [2.24, 2.45) is 0 Å². The van der Waals surface area contributed by atoms with Gasteiger partial charge in [0.1, 0.15) is 5.75 Å². The van der Waals surface area contributed by atoms with Crippen molar-refractivity contribution in [2.45, 2.75) is 24.5 Å². The number of carbonyl (C=O) groups is 1. The third-order valence-electron chi connectivity index (χ3n) is 3.65. The molecule has 0 bridgehead atoms. The number of ether oxygens (including phenoxy) is 1. The normalized spacial score (nSPS) is 13.0. The van der Waals surface area contributed by atoms with Crippen LogP contribution in [0.1, 0.15) is 16.0 Å². The Balaban J connectivity index is 2.09. The molecule has 0 saturated heterocycles. The van der Waals surface area contributed by atoms with Gasteiger partial charge in [-0.15, -0.1) is 0 Å². The maximum Gasteiger partial charge on any atom is 0.212 e. The Morgan fingerprint density at radius 2 is 1.67 bits per heavy atom. The summed E-state index contributed by atoms with van der Waals surface area (Å²) in [7, 11) is 0.125. The molecule has 0 N–H and O–H groups in total. The lowest BCUT2D eigenvalue weighted by Crippen LogP contribution is -2.29. The molecule has 1 atom stereocenters. The van der Waals surface area contributed by atoms with E-state index in [4.69, 9.17) is 4.74 Å². The van der Waals surface area contributed by atoms with Crippen molar-refractivity contribution in [1.82, 2.24) is 0 Å². The number of rotatable bonds is 6. The van der Waals surface area contributed by atoms with Gasteiger partial charge >= 0.3 is 0 Å². The van der Waals surface area contributed by atoms with Gasteiger partial charge in [-0.05, 0) is 29.3 Å². The van der Waals surface area contributed by atoms with E-state index in [9.17, 15) is 4.79 Å². The molecule has 24 heavy (non-hydrogen) atoms. The monoisotopic (exact) mass is 356 g/mol. The van der Waals surface area contributed by atoms with Crippen LogP contribution < -0.4 is 4.74 Å². The molecular weight excluding hydrogens is 332 g/mol. The van der Waals surface area contributed by atoms with Gasteiger partial charge in [-0.2, -0.15) is 0 Å². The van der Waals surface area contributed by atoms with E-state index in [2.05, 4.69) is 31.8 Å². The van der Waals surface area contributed by atoms with Crippen molar-refractivity contribution in [2.75, 3.05) is 7.11 Å². The molecule has 0 saturated carbocycles. The van der Waals surface area contributed by atoms with Crippen LogP contribution in [0.2, 0.25) is 19.6 Å². The van der Waals surface area contributed by atoms with Crippen LogP contribution in [0.4, 0.5) is 0 Å². The Morgan fingerprint density at radius 1 is 1.04 bits per heavy atom. The van der Waals surface area contributed by atoms with E-state index in [-0.39, 0.29) is 9.99 Å². The number of benzene rings is 2. The zero-order valence-corrected chi connectivity index (χ0v) is 16.5. The number of carbonyl (C=O) groups excluding carboxylic acids is 1. The molecule has 126 valence electrons. The lowest BCUT2D eigenvalue weighted by molar-refractivity contribution is -0.107. The quantitative estimate of drug-likeness (QED) is 0.499. The summed E-state index contributed by atoms with van der Waals surface area (Å²) >= 11 is 1.44. The van der Waals surface area contributed by atoms with Crippen molar-refractivity contribution >= 4 is 31.0 Å². The molecule has 0 aliphatic heterocycles. The molecule has 2 aromatic carbocycles. The Hall–Kier alpha value is -1.78. The smallest absolute Gasteiger partial charge is 0.212 e. The summed E-state index contributed by atoms with van der Waals surface area (Å²) in [5, 5.41) is 0.0992. The van der Waals surface area contributed by atoms with Crippen LogP contribution in [0.3, 0.4) is 0 Å². The number of thioether (sulfide) groups is 1. The van der Waals surface area contributed by atoms with Crippen molar-refractivity contribution in [3.63, 3.8) is 0 Å². The molecule has 0 spiro atoms. The van der Waals surface area contributed by atoms with Gasteiger partial charge in [-0.3, -0.25) is 4.79 Å². The molecule has 0 aliphatic carbocycles. The SMILES string of the molecule is COc1ccc(/C=C/C(=O)SC(c2ccccc2)[Si](C)(C)C)cc1. The predicted octanol–water partition coefficient (Wildman–Crippen LogP) is 5.59. The van der Waals surface area contributed by atoms with Gasteiger partial charge in [0.15, 0.2) is 0 Å². The van der Waals surface area contributed by atoms with E-state index in [0.717, 1.165) is 11.3 Å². The predicted molar refractivity (Wildman–Crippen MR) is 107 cm³/mol. The number of hydrogen-bond donors (Lipinski definition) is 0. The molecule has 0 radical (unpaired) electrons. The molecule has 2 aromatic rings. The van der Waals surface area contributed by atoms with Crippen LogP contribution in [-0.4, -0.2) is 20.3 Å². The molecule has 0 heterocycles. The maximum absolute atomic E-state index is 12.4. The fourth-order valence-electron chi connectivity index (χ4n) is 2.41. The average Bonchev–Trinajstić information content (AvgIpc) is 2.58. The highest BCUT2D eigenvalue weighted by atomic mass is 32.2. The van der Waals surface area contributed by atoms with Crippen molar-refractivity contribution in [3.05, 3.63) is 71.8 Å². The first-order chi connectivity index (χ1) is 11.4. The van der Waals surface area contributed by atoms with Crippen LogP contribution in [0.15, 0.2) is 60.7 Å². The number of hydrogen-bond acceptors (Lipinski definition) is 3. The fraction of sp³-hybridized carbons (Fsp3) is 0.250. The third-order valence-corrected chi connectivity index (χ3v) is 8.91. The van der Waals surface area contributed by atoms with Crippen LogP contribution in [0.25, 0.3) is 6.08 Å². The molecule has 2 rings (SSSR count). The van der Waals surface area contributed by atoms with Gasteiger partial charge in [-0.25, -0.2) is 0 Å². The van der Waals surface area contributed by atoms with E-state index in [1.54, 1.807) is 13.2 Å². The zero-order valence-electron chi connectivity index (χ0n) is 14.7. The molecule has 0 fully saturated rings. The van der Waals surface area contributed by atoms with Crippen molar-refractivity contribution in [3.8, 4) is 5.75 Å². The Bertz CT molecular complexity index is 688. The van der Waals surface area contributed by atoms with E-state index < -0.39 is 8.07 Å². The molecule has 0 aromatic heterocycles. The molecule has 4 heteroatoms. The van der Waals surface area contributed by atoms with Crippen LogP contribution in [0, 0.1) is 0 Å². The van der Waals surface area contributed by atoms with Gasteiger partial charge in [0, 0.05) is 4.87 Å². The number of methoxy groups -OCH3 is 1. The third kappa shape index (κ3) is 5.39. The van der Waals surface area contributed by atoms with E-state index in [1.807, 2.05) is 48.5 Å². The fourth-order valence-corrected chi connectivity index (χ4v) is 6.03. The van der Waals surface area contributed by atoms with Gasteiger partial charge in [-0.1, -0.05) is 79.9 Å². The summed E-state index contributed by atoms with van der Waals surface area (Å²) in [6.07, 6.45) is 3.53. The first-order valence-electron chi connectivity index (χ1n) is 7.98. The molecule has 0 amide bonds. The average molecular weight is 357 g/mol. The molecule has 0 aliphatic rings. The summed E-state index contributed by atoms with van der Waals surface area (Å²) in [6.45, 7) is 6.91. The maximum atomic E-state index is 12.4. The largest absolute Gasteiger partial charge is 0.497 e. The lowest BCUT2D eigenvalue weighted by atomic mass is 10.2. The second kappa shape index (κ2) is 8.35. The summed E-state index contributed by atoms with van der Waals surface area (Å²) in [5.41, 5.74) is 2.24. The molecule has 2 nitrogen and oxygen atoms in total.